The minimum Gasteiger partial charge on any atom is -0.480 e. The number of nitrogens with one attached hydrogen (secondary N) is 1. The van der Waals surface area contributed by atoms with Gasteiger partial charge in [0.15, 0.2) is 0 Å². The van der Waals surface area contributed by atoms with Crippen LogP contribution in [0.5, 0.6) is 0 Å². The van der Waals surface area contributed by atoms with E-state index in [0.717, 1.165) is 5.56 Å². The van der Waals surface area contributed by atoms with Crippen LogP contribution in [0.15, 0.2) is 11.4 Å². The van der Waals surface area contributed by atoms with Crippen LogP contribution in [0.3, 0.4) is 0 Å². The van der Waals surface area contributed by atoms with Crippen molar-refractivity contribution in [3.8, 4) is 0 Å². The SMILES string of the molecule is Cc1ccsc1C(=O)N1CCN[C@@H](C(=O)O)C1. The topological polar surface area (TPSA) is 69.6 Å². The highest BCUT2D eigenvalue weighted by Crippen LogP contribution is 2.18. The second-order valence-electron chi connectivity index (χ2n) is 4.03. The Kier molecular flexibility index (Phi) is 3.44. The van der Waals surface area contributed by atoms with Gasteiger partial charge in [-0.3, -0.25) is 9.59 Å². The second-order valence-corrected chi connectivity index (χ2v) is 4.94. The van der Waals surface area contributed by atoms with E-state index in [9.17, 15) is 9.59 Å². The number of carbonyl (C=O) groups excluding carboxylic acids is 1. The summed E-state index contributed by atoms with van der Waals surface area (Å²) < 4.78 is 0. The van der Waals surface area contributed by atoms with Crippen LogP contribution in [-0.2, 0) is 4.79 Å². The lowest BCUT2D eigenvalue weighted by Gasteiger charge is -2.31. The fourth-order valence-electron chi connectivity index (χ4n) is 1.84. The number of rotatable bonds is 2. The number of hydrogen-bond donors (Lipinski definition) is 2. The molecule has 0 spiro atoms. The average molecular weight is 254 g/mol. The lowest BCUT2D eigenvalue weighted by molar-refractivity contribution is -0.140. The van der Waals surface area contributed by atoms with Gasteiger partial charge in [0.2, 0.25) is 0 Å². The summed E-state index contributed by atoms with van der Waals surface area (Å²) in [6.07, 6.45) is 0. The zero-order valence-electron chi connectivity index (χ0n) is 9.47. The Balaban J connectivity index is 2.10. The van der Waals surface area contributed by atoms with Gasteiger partial charge in [-0.15, -0.1) is 11.3 Å². The van der Waals surface area contributed by atoms with E-state index >= 15 is 0 Å². The Labute approximate surface area is 103 Å². The zero-order valence-corrected chi connectivity index (χ0v) is 10.3. The first kappa shape index (κ1) is 12.1. The number of carboxylic acid groups (broad SMARTS) is 1. The van der Waals surface area contributed by atoms with Gasteiger partial charge < -0.3 is 15.3 Å². The molecule has 17 heavy (non-hydrogen) atoms. The van der Waals surface area contributed by atoms with Crippen LogP contribution < -0.4 is 5.32 Å². The molecule has 1 amide bonds. The summed E-state index contributed by atoms with van der Waals surface area (Å²) in [5.74, 6) is -0.976. The number of carbonyl (C=O) groups is 2. The molecule has 1 fully saturated rings. The molecule has 0 saturated carbocycles. The van der Waals surface area contributed by atoms with Crippen molar-refractivity contribution >= 4 is 23.2 Å². The van der Waals surface area contributed by atoms with Crippen molar-refractivity contribution in [2.75, 3.05) is 19.6 Å². The summed E-state index contributed by atoms with van der Waals surface area (Å²) in [5, 5.41) is 13.7. The third-order valence-electron chi connectivity index (χ3n) is 2.82. The van der Waals surface area contributed by atoms with Crippen molar-refractivity contribution in [2.24, 2.45) is 0 Å². The van der Waals surface area contributed by atoms with E-state index in [2.05, 4.69) is 5.32 Å². The van der Waals surface area contributed by atoms with Gasteiger partial charge in [0.25, 0.3) is 5.91 Å². The Hall–Kier alpha value is -1.40. The van der Waals surface area contributed by atoms with E-state index in [1.54, 1.807) is 4.90 Å². The molecule has 5 nitrogen and oxygen atoms in total. The molecule has 0 bridgehead atoms. The Morgan fingerprint density at radius 1 is 1.59 bits per heavy atom. The lowest BCUT2D eigenvalue weighted by atomic mass is 10.2. The van der Waals surface area contributed by atoms with Gasteiger partial charge in [0.05, 0.1) is 4.88 Å². The molecule has 6 heteroatoms. The molecular weight excluding hydrogens is 240 g/mol. The van der Waals surface area contributed by atoms with Crippen molar-refractivity contribution in [1.82, 2.24) is 10.2 Å². The number of thiophene rings is 1. The average Bonchev–Trinajstić information content (AvgIpc) is 2.74. The van der Waals surface area contributed by atoms with Crippen molar-refractivity contribution in [3.05, 3.63) is 21.9 Å². The molecule has 92 valence electrons. The molecule has 0 unspecified atom stereocenters. The summed E-state index contributed by atoms with van der Waals surface area (Å²) in [7, 11) is 0. The molecule has 1 aliphatic heterocycles. The van der Waals surface area contributed by atoms with Crippen molar-refractivity contribution < 1.29 is 14.7 Å². The summed E-state index contributed by atoms with van der Waals surface area (Å²) in [4.78, 5) is 25.4. The van der Waals surface area contributed by atoms with Crippen LogP contribution in [-0.4, -0.2) is 47.6 Å². The minimum absolute atomic E-state index is 0.0646. The molecule has 0 radical (unpaired) electrons. The van der Waals surface area contributed by atoms with E-state index in [1.165, 1.54) is 11.3 Å². The van der Waals surface area contributed by atoms with E-state index in [-0.39, 0.29) is 12.5 Å². The number of amides is 1. The molecule has 1 saturated heterocycles. The van der Waals surface area contributed by atoms with Crippen molar-refractivity contribution in [1.29, 1.82) is 0 Å². The first-order chi connectivity index (χ1) is 8.09. The number of piperazine rings is 1. The Bertz CT molecular complexity index is 444. The number of nitrogens with zero attached hydrogens (tertiary/aromatic N) is 1. The summed E-state index contributed by atoms with van der Waals surface area (Å²) in [6, 6.07) is 1.24. The monoisotopic (exact) mass is 254 g/mol. The normalized spacial score (nSPS) is 20.3. The maximum Gasteiger partial charge on any atom is 0.322 e. The Morgan fingerprint density at radius 3 is 2.94 bits per heavy atom. The molecular formula is C11H14N2O3S. The molecule has 0 aromatic carbocycles. The predicted molar refractivity (Wildman–Crippen MR) is 64.4 cm³/mol. The molecule has 2 N–H and O–H groups in total. The fourth-order valence-corrected chi connectivity index (χ4v) is 2.73. The van der Waals surface area contributed by atoms with Gasteiger partial charge in [-0.1, -0.05) is 0 Å². The molecule has 1 aliphatic rings. The predicted octanol–water partition coefficient (Wildman–Crippen LogP) is 0.555. The zero-order chi connectivity index (χ0) is 12.4. The van der Waals surface area contributed by atoms with Gasteiger partial charge in [-0.05, 0) is 23.9 Å². The third-order valence-corrected chi connectivity index (χ3v) is 3.82. The molecule has 2 rings (SSSR count). The van der Waals surface area contributed by atoms with Crippen LogP contribution in [0.25, 0.3) is 0 Å². The van der Waals surface area contributed by atoms with Crippen LogP contribution >= 0.6 is 11.3 Å². The molecule has 1 aromatic rings. The van der Waals surface area contributed by atoms with Crippen LogP contribution in [0, 0.1) is 6.92 Å². The first-order valence-electron chi connectivity index (χ1n) is 5.39. The van der Waals surface area contributed by atoms with Crippen molar-refractivity contribution in [3.63, 3.8) is 0 Å². The number of hydrogen-bond acceptors (Lipinski definition) is 4. The fraction of sp³-hybridized carbons (Fsp3) is 0.455. The van der Waals surface area contributed by atoms with E-state index in [1.807, 2.05) is 18.4 Å². The van der Waals surface area contributed by atoms with Gasteiger partial charge >= 0.3 is 5.97 Å². The van der Waals surface area contributed by atoms with Gasteiger partial charge in [0, 0.05) is 19.6 Å². The maximum atomic E-state index is 12.2. The first-order valence-corrected chi connectivity index (χ1v) is 6.27. The summed E-state index contributed by atoms with van der Waals surface area (Å²) in [5.41, 5.74) is 0.949. The highest BCUT2D eigenvalue weighted by molar-refractivity contribution is 7.12. The highest BCUT2D eigenvalue weighted by Gasteiger charge is 2.29. The lowest BCUT2D eigenvalue weighted by Crippen LogP contribution is -2.55. The summed E-state index contributed by atoms with van der Waals surface area (Å²) >= 11 is 1.40. The minimum atomic E-state index is -0.912. The van der Waals surface area contributed by atoms with Crippen LogP contribution in [0.4, 0.5) is 0 Å². The quantitative estimate of drug-likeness (QED) is 0.809. The Morgan fingerprint density at radius 2 is 2.35 bits per heavy atom. The van der Waals surface area contributed by atoms with Crippen LogP contribution in [0.1, 0.15) is 15.2 Å². The second kappa shape index (κ2) is 4.85. The van der Waals surface area contributed by atoms with E-state index in [0.29, 0.717) is 18.0 Å². The molecule has 1 atom stereocenters. The summed E-state index contributed by atoms with van der Waals surface area (Å²) in [6.45, 7) is 3.19. The smallest absolute Gasteiger partial charge is 0.322 e. The number of aliphatic carboxylic acids is 1. The van der Waals surface area contributed by atoms with E-state index < -0.39 is 12.0 Å². The number of carboxylic acids is 1. The van der Waals surface area contributed by atoms with Crippen LogP contribution in [0.2, 0.25) is 0 Å². The molecule has 1 aromatic heterocycles. The van der Waals surface area contributed by atoms with Crippen molar-refractivity contribution in [2.45, 2.75) is 13.0 Å². The number of aryl methyl sites for hydroxylation is 1. The largest absolute Gasteiger partial charge is 0.480 e. The third kappa shape index (κ3) is 2.48. The maximum absolute atomic E-state index is 12.2. The van der Waals surface area contributed by atoms with Gasteiger partial charge in [-0.25, -0.2) is 0 Å². The standard InChI is InChI=1S/C11H14N2O3S/c1-7-2-5-17-9(7)10(14)13-4-3-12-8(6-13)11(15)16/h2,5,8,12H,3-4,6H2,1H3,(H,15,16)/t8-/m1/s1. The molecule has 2 heterocycles. The van der Waals surface area contributed by atoms with E-state index in [4.69, 9.17) is 5.11 Å². The van der Waals surface area contributed by atoms with Gasteiger partial charge in [0.1, 0.15) is 6.04 Å². The highest BCUT2D eigenvalue weighted by atomic mass is 32.1. The molecule has 0 aliphatic carbocycles. The van der Waals surface area contributed by atoms with Gasteiger partial charge in [-0.2, -0.15) is 0 Å².